The topological polar surface area (TPSA) is 42.0 Å². The minimum absolute atomic E-state index is 0.0928. The van der Waals surface area contributed by atoms with E-state index in [1.807, 2.05) is 42.6 Å². The van der Waals surface area contributed by atoms with Crippen molar-refractivity contribution in [2.75, 3.05) is 0 Å². The second-order valence-electron chi connectivity index (χ2n) is 8.25. The summed E-state index contributed by atoms with van der Waals surface area (Å²) in [5.74, 6) is 3.41. The molecule has 1 aromatic carbocycles. The first-order chi connectivity index (χ1) is 12.3. The summed E-state index contributed by atoms with van der Waals surface area (Å²) in [6.07, 6.45) is 10.4. The van der Waals surface area contributed by atoms with Crippen LogP contribution >= 0.6 is 0 Å². The molecule has 4 bridgehead atoms. The molecular formula is C22H24N2O. The van der Waals surface area contributed by atoms with Gasteiger partial charge in [-0.3, -0.25) is 9.78 Å². The van der Waals surface area contributed by atoms with E-state index in [-0.39, 0.29) is 5.91 Å². The lowest BCUT2D eigenvalue weighted by molar-refractivity contribution is -0.0119. The Hall–Kier alpha value is -2.16. The highest BCUT2D eigenvalue weighted by Gasteiger charge is 2.48. The van der Waals surface area contributed by atoms with Crippen LogP contribution in [0.25, 0.3) is 11.1 Å². The Morgan fingerprint density at radius 1 is 0.880 bits per heavy atom. The Labute approximate surface area is 148 Å². The lowest BCUT2D eigenvalue weighted by atomic mass is 9.54. The first-order valence-electron chi connectivity index (χ1n) is 9.57. The SMILES string of the molecule is O=C(NC1C2CC3CC(C2)CC1C3)c1ccc(-c2cccnc2)cc1. The molecule has 3 nitrogen and oxygen atoms in total. The van der Waals surface area contributed by atoms with Crippen LogP contribution in [0, 0.1) is 23.7 Å². The van der Waals surface area contributed by atoms with Gasteiger partial charge < -0.3 is 5.32 Å². The largest absolute Gasteiger partial charge is 0.349 e. The van der Waals surface area contributed by atoms with Crippen molar-refractivity contribution in [1.29, 1.82) is 0 Å². The molecule has 4 aliphatic carbocycles. The molecule has 0 saturated heterocycles. The molecule has 25 heavy (non-hydrogen) atoms. The second kappa shape index (κ2) is 5.98. The normalized spacial score (nSPS) is 32.6. The number of amides is 1. The molecule has 0 atom stereocenters. The van der Waals surface area contributed by atoms with Crippen molar-refractivity contribution in [1.82, 2.24) is 10.3 Å². The van der Waals surface area contributed by atoms with Crippen molar-refractivity contribution in [3.8, 4) is 11.1 Å². The van der Waals surface area contributed by atoms with E-state index in [9.17, 15) is 4.79 Å². The summed E-state index contributed by atoms with van der Waals surface area (Å²) in [6, 6.07) is 12.3. The number of rotatable bonds is 3. The smallest absolute Gasteiger partial charge is 0.251 e. The number of carbonyl (C=O) groups is 1. The summed E-state index contributed by atoms with van der Waals surface area (Å²) < 4.78 is 0. The van der Waals surface area contributed by atoms with Crippen LogP contribution in [0.2, 0.25) is 0 Å². The molecule has 128 valence electrons. The van der Waals surface area contributed by atoms with E-state index in [0.717, 1.165) is 40.4 Å². The number of pyridine rings is 1. The van der Waals surface area contributed by atoms with Gasteiger partial charge in [0, 0.05) is 24.0 Å². The Bertz CT molecular complexity index is 740. The minimum atomic E-state index is 0.0928. The fourth-order valence-electron chi connectivity index (χ4n) is 5.74. The van der Waals surface area contributed by atoms with Crippen LogP contribution in [0.1, 0.15) is 42.5 Å². The summed E-state index contributed by atoms with van der Waals surface area (Å²) in [6.45, 7) is 0. The highest BCUT2D eigenvalue weighted by molar-refractivity contribution is 5.95. The second-order valence-corrected chi connectivity index (χ2v) is 8.25. The maximum atomic E-state index is 12.8. The molecule has 4 fully saturated rings. The third-order valence-electron chi connectivity index (χ3n) is 6.67. The van der Waals surface area contributed by atoms with Crippen LogP contribution in [-0.2, 0) is 0 Å². The van der Waals surface area contributed by atoms with Gasteiger partial charge in [0.15, 0.2) is 0 Å². The molecule has 1 heterocycles. The Balaban J connectivity index is 1.30. The third-order valence-corrected chi connectivity index (χ3v) is 6.67. The van der Waals surface area contributed by atoms with E-state index in [0.29, 0.717) is 6.04 Å². The minimum Gasteiger partial charge on any atom is -0.349 e. The molecule has 0 spiro atoms. The van der Waals surface area contributed by atoms with Gasteiger partial charge in [0.1, 0.15) is 0 Å². The van der Waals surface area contributed by atoms with E-state index in [4.69, 9.17) is 0 Å². The maximum absolute atomic E-state index is 12.8. The summed E-state index contributed by atoms with van der Waals surface area (Å²) in [7, 11) is 0. The lowest BCUT2D eigenvalue weighted by Gasteiger charge is -2.54. The molecule has 0 unspecified atom stereocenters. The van der Waals surface area contributed by atoms with Gasteiger partial charge in [0.05, 0.1) is 0 Å². The van der Waals surface area contributed by atoms with Gasteiger partial charge in [-0.05, 0) is 85.1 Å². The van der Waals surface area contributed by atoms with E-state index in [1.165, 1.54) is 32.1 Å². The number of nitrogens with one attached hydrogen (secondary N) is 1. The van der Waals surface area contributed by atoms with Gasteiger partial charge >= 0.3 is 0 Å². The monoisotopic (exact) mass is 332 g/mol. The van der Waals surface area contributed by atoms with Crippen molar-refractivity contribution in [3.63, 3.8) is 0 Å². The quantitative estimate of drug-likeness (QED) is 0.910. The molecule has 1 aromatic heterocycles. The average molecular weight is 332 g/mol. The highest BCUT2D eigenvalue weighted by Crippen LogP contribution is 2.53. The van der Waals surface area contributed by atoms with Gasteiger partial charge in [-0.15, -0.1) is 0 Å². The fraction of sp³-hybridized carbons (Fsp3) is 0.455. The van der Waals surface area contributed by atoms with Crippen LogP contribution in [0.4, 0.5) is 0 Å². The molecule has 4 aliphatic rings. The number of hydrogen-bond donors (Lipinski definition) is 1. The van der Waals surface area contributed by atoms with Crippen LogP contribution in [-0.4, -0.2) is 16.9 Å². The van der Waals surface area contributed by atoms with Crippen molar-refractivity contribution in [2.24, 2.45) is 23.7 Å². The number of hydrogen-bond acceptors (Lipinski definition) is 2. The van der Waals surface area contributed by atoms with Crippen molar-refractivity contribution < 1.29 is 4.79 Å². The maximum Gasteiger partial charge on any atom is 0.251 e. The summed E-state index contributed by atoms with van der Waals surface area (Å²) in [5, 5.41) is 3.39. The predicted octanol–water partition coefficient (Wildman–Crippen LogP) is 4.30. The van der Waals surface area contributed by atoms with E-state index in [1.54, 1.807) is 6.20 Å². The number of nitrogens with zero attached hydrogens (tertiary/aromatic N) is 1. The Kier molecular flexibility index (Phi) is 3.61. The first kappa shape index (κ1) is 15.1. The van der Waals surface area contributed by atoms with Gasteiger partial charge in [-0.25, -0.2) is 0 Å². The van der Waals surface area contributed by atoms with Crippen molar-refractivity contribution >= 4 is 5.91 Å². The molecular weight excluding hydrogens is 308 g/mol. The van der Waals surface area contributed by atoms with Crippen molar-refractivity contribution in [3.05, 3.63) is 54.4 Å². The third kappa shape index (κ3) is 2.76. The summed E-state index contributed by atoms with van der Waals surface area (Å²) >= 11 is 0. The van der Waals surface area contributed by atoms with Gasteiger partial charge in [-0.2, -0.15) is 0 Å². The predicted molar refractivity (Wildman–Crippen MR) is 98.0 cm³/mol. The molecule has 6 rings (SSSR count). The fourth-order valence-corrected chi connectivity index (χ4v) is 5.74. The molecule has 0 aliphatic heterocycles. The molecule has 0 radical (unpaired) electrons. The van der Waals surface area contributed by atoms with Crippen LogP contribution < -0.4 is 5.32 Å². The summed E-state index contributed by atoms with van der Waals surface area (Å²) in [4.78, 5) is 16.9. The number of aromatic nitrogens is 1. The Morgan fingerprint density at radius 2 is 1.56 bits per heavy atom. The van der Waals surface area contributed by atoms with Crippen LogP contribution in [0.3, 0.4) is 0 Å². The number of carbonyl (C=O) groups excluding carboxylic acids is 1. The zero-order valence-corrected chi connectivity index (χ0v) is 14.4. The summed E-state index contributed by atoms with van der Waals surface area (Å²) in [5.41, 5.74) is 2.94. The van der Waals surface area contributed by atoms with Gasteiger partial charge in [-0.1, -0.05) is 18.2 Å². The Morgan fingerprint density at radius 3 is 2.16 bits per heavy atom. The van der Waals surface area contributed by atoms with E-state index in [2.05, 4.69) is 10.3 Å². The molecule has 3 heteroatoms. The highest BCUT2D eigenvalue weighted by atomic mass is 16.1. The van der Waals surface area contributed by atoms with Crippen molar-refractivity contribution in [2.45, 2.75) is 38.1 Å². The standard InChI is InChI=1S/C22H24N2O/c25-22(17-5-3-16(4-6-17)18-2-1-7-23-13-18)24-21-19-9-14-8-15(11-19)12-20(21)10-14/h1-7,13-15,19-21H,8-12H2,(H,24,25). The van der Waals surface area contributed by atoms with Gasteiger partial charge in [0.2, 0.25) is 0 Å². The van der Waals surface area contributed by atoms with E-state index < -0.39 is 0 Å². The molecule has 4 saturated carbocycles. The zero-order chi connectivity index (χ0) is 16.8. The average Bonchev–Trinajstić information content (AvgIpc) is 2.65. The molecule has 2 aromatic rings. The van der Waals surface area contributed by atoms with E-state index >= 15 is 0 Å². The molecule has 1 amide bonds. The van der Waals surface area contributed by atoms with Crippen LogP contribution in [0.5, 0.6) is 0 Å². The molecule has 1 N–H and O–H groups in total. The zero-order valence-electron chi connectivity index (χ0n) is 14.4. The van der Waals surface area contributed by atoms with Gasteiger partial charge in [0.25, 0.3) is 5.91 Å². The number of benzene rings is 1. The first-order valence-corrected chi connectivity index (χ1v) is 9.57. The van der Waals surface area contributed by atoms with Crippen LogP contribution in [0.15, 0.2) is 48.8 Å². The lowest BCUT2D eigenvalue weighted by Crippen LogP contribution is -2.55.